The molecule has 1 saturated heterocycles. The summed E-state index contributed by atoms with van der Waals surface area (Å²) >= 11 is 0. The smallest absolute Gasteiger partial charge is 0.147 e. The molecule has 1 unspecified atom stereocenters. The van der Waals surface area contributed by atoms with Crippen LogP contribution in [0.5, 0.6) is 0 Å². The molecule has 0 N–H and O–H groups in total. The fourth-order valence-electron chi connectivity index (χ4n) is 3.50. The summed E-state index contributed by atoms with van der Waals surface area (Å²) in [6.45, 7) is 8.63. The van der Waals surface area contributed by atoms with Gasteiger partial charge in [-0.25, -0.2) is 0 Å². The van der Waals surface area contributed by atoms with Crippen molar-refractivity contribution in [3.05, 3.63) is 11.6 Å². The molecule has 1 fully saturated rings. The van der Waals surface area contributed by atoms with Crippen LogP contribution in [-0.2, 0) is 29.0 Å². The zero-order valence-corrected chi connectivity index (χ0v) is 13.3. The lowest BCUT2D eigenvalue weighted by molar-refractivity contribution is -0.154. The summed E-state index contributed by atoms with van der Waals surface area (Å²) in [4.78, 5) is 2.42. The van der Waals surface area contributed by atoms with Crippen molar-refractivity contribution in [3.8, 4) is 0 Å². The molecule has 1 aromatic rings. The van der Waals surface area contributed by atoms with Crippen LogP contribution in [0.25, 0.3) is 0 Å². The van der Waals surface area contributed by atoms with Gasteiger partial charge in [0.05, 0.1) is 24.9 Å². The van der Waals surface area contributed by atoms with Crippen molar-refractivity contribution in [2.75, 3.05) is 26.8 Å². The van der Waals surface area contributed by atoms with Gasteiger partial charge < -0.3 is 14.0 Å². The SMILES string of the molecule is COCC1CN(Cc2nnc3n2CCCC3)CC(C)(C)O1. The normalized spacial score (nSPS) is 25.8. The molecular formula is C15H26N4O2. The minimum Gasteiger partial charge on any atom is -0.382 e. The van der Waals surface area contributed by atoms with Crippen LogP contribution in [0.1, 0.15) is 38.3 Å². The molecule has 2 aliphatic heterocycles. The van der Waals surface area contributed by atoms with Gasteiger partial charge in [0.1, 0.15) is 11.6 Å². The average molecular weight is 294 g/mol. The predicted molar refractivity (Wildman–Crippen MR) is 79.1 cm³/mol. The monoisotopic (exact) mass is 294 g/mol. The first kappa shape index (κ1) is 14.9. The maximum Gasteiger partial charge on any atom is 0.147 e. The van der Waals surface area contributed by atoms with E-state index in [0.717, 1.165) is 44.2 Å². The summed E-state index contributed by atoms with van der Waals surface area (Å²) in [5.74, 6) is 2.25. The zero-order valence-electron chi connectivity index (χ0n) is 13.3. The second-order valence-corrected chi connectivity index (χ2v) is 6.77. The van der Waals surface area contributed by atoms with Crippen LogP contribution in [0.3, 0.4) is 0 Å². The first-order valence-corrected chi connectivity index (χ1v) is 7.87. The van der Waals surface area contributed by atoms with Gasteiger partial charge in [-0.3, -0.25) is 4.90 Å². The van der Waals surface area contributed by atoms with E-state index in [0.29, 0.717) is 6.61 Å². The van der Waals surface area contributed by atoms with Crippen LogP contribution in [0.2, 0.25) is 0 Å². The number of nitrogens with zero attached hydrogens (tertiary/aromatic N) is 4. The Labute approximate surface area is 126 Å². The van der Waals surface area contributed by atoms with E-state index in [-0.39, 0.29) is 11.7 Å². The molecule has 2 aliphatic rings. The third kappa shape index (κ3) is 3.44. The van der Waals surface area contributed by atoms with Gasteiger partial charge in [-0.15, -0.1) is 10.2 Å². The Kier molecular flexibility index (Phi) is 4.28. The van der Waals surface area contributed by atoms with Crippen LogP contribution in [-0.4, -0.2) is 58.2 Å². The van der Waals surface area contributed by atoms with Crippen molar-refractivity contribution in [2.45, 2.75) is 57.9 Å². The highest BCUT2D eigenvalue weighted by atomic mass is 16.5. The van der Waals surface area contributed by atoms with Crippen molar-refractivity contribution >= 4 is 0 Å². The lowest BCUT2D eigenvalue weighted by atomic mass is 10.1. The van der Waals surface area contributed by atoms with E-state index in [1.807, 2.05) is 0 Å². The number of ether oxygens (including phenoxy) is 2. The topological polar surface area (TPSA) is 52.4 Å². The van der Waals surface area contributed by atoms with Crippen LogP contribution in [0.4, 0.5) is 0 Å². The first-order chi connectivity index (χ1) is 10.1. The fraction of sp³-hybridized carbons (Fsp3) is 0.867. The molecule has 6 nitrogen and oxygen atoms in total. The Balaban J connectivity index is 1.70. The maximum atomic E-state index is 6.07. The van der Waals surface area contributed by atoms with Crippen molar-refractivity contribution in [1.82, 2.24) is 19.7 Å². The second kappa shape index (κ2) is 6.02. The molecule has 0 bridgehead atoms. The summed E-state index contributed by atoms with van der Waals surface area (Å²) in [5.41, 5.74) is -0.147. The highest BCUT2D eigenvalue weighted by Crippen LogP contribution is 2.23. The molecular weight excluding hydrogens is 268 g/mol. The Morgan fingerprint density at radius 1 is 1.33 bits per heavy atom. The number of morpholine rings is 1. The maximum absolute atomic E-state index is 6.07. The molecule has 118 valence electrons. The molecule has 0 radical (unpaired) electrons. The molecule has 0 spiro atoms. The van der Waals surface area contributed by atoms with Gasteiger partial charge in [0.25, 0.3) is 0 Å². The quantitative estimate of drug-likeness (QED) is 0.836. The Bertz CT molecular complexity index is 486. The average Bonchev–Trinajstić information content (AvgIpc) is 2.81. The molecule has 1 atom stereocenters. The van der Waals surface area contributed by atoms with Gasteiger partial charge in [0, 0.05) is 33.2 Å². The van der Waals surface area contributed by atoms with E-state index in [9.17, 15) is 0 Å². The summed E-state index contributed by atoms with van der Waals surface area (Å²) in [6.07, 6.45) is 3.66. The van der Waals surface area contributed by atoms with Gasteiger partial charge in [-0.05, 0) is 26.7 Å². The molecule has 0 saturated carbocycles. The second-order valence-electron chi connectivity index (χ2n) is 6.77. The van der Waals surface area contributed by atoms with Crippen LogP contribution in [0, 0.1) is 0 Å². The number of aromatic nitrogens is 3. The van der Waals surface area contributed by atoms with E-state index in [2.05, 4.69) is 33.5 Å². The largest absolute Gasteiger partial charge is 0.382 e. The lowest BCUT2D eigenvalue weighted by Gasteiger charge is -2.42. The Morgan fingerprint density at radius 3 is 3.00 bits per heavy atom. The van der Waals surface area contributed by atoms with E-state index in [1.54, 1.807) is 7.11 Å². The first-order valence-electron chi connectivity index (χ1n) is 7.87. The van der Waals surface area contributed by atoms with Crippen molar-refractivity contribution < 1.29 is 9.47 Å². The number of aryl methyl sites for hydroxylation is 1. The summed E-state index contributed by atoms with van der Waals surface area (Å²) < 4.78 is 13.6. The summed E-state index contributed by atoms with van der Waals surface area (Å²) in [6, 6.07) is 0. The van der Waals surface area contributed by atoms with Crippen LogP contribution >= 0.6 is 0 Å². The predicted octanol–water partition coefficient (Wildman–Crippen LogP) is 1.24. The van der Waals surface area contributed by atoms with E-state index in [4.69, 9.17) is 9.47 Å². The van der Waals surface area contributed by atoms with E-state index < -0.39 is 0 Å². The lowest BCUT2D eigenvalue weighted by Crippen LogP contribution is -2.53. The zero-order chi connectivity index (χ0) is 14.9. The molecule has 3 heterocycles. The number of hydrogen-bond acceptors (Lipinski definition) is 5. The van der Waals surface area contributed by atoms with Crippen LogP contribution in [0.15, 0.2) is 0 Å². The van der Waals surface area contributed by atoms with E-state index in [1.165, 1.54) is 12.8 Å². The highest BCUT2D eigenvalue weighted by Gasteiger charge is 2.34. The third-order valence-corrected chi connectivity index (χ3v) is 4.21. The molecule has 0 aromatic carbocycles. The van der Waals surface area contributed by atoms with Gasteiger partial charge in [-0.1, -0.05) is 0 Å². The number of hydrogen-bond donors (Lipinski definition) is 0. The third-order valence-electron chi connectivity index (χ3n) is 4.21. The van der Waals surface area contributed by atoms with Crippen molar-refractivity contribution in [3.63, 3.8) is 0 Å². The van der Waals surface area contributed by atoms with Gasteiger partial charge in [-0.2, -0.15) is 0 Å². The molecule has 0 amide bonds. The van der Waals surface area contributed by atoms with Crippen molar-refractivity contribution in [2.24, 2.45) is 0 Å². The number of rotatable bonds is 4. The fourth-order valence-corrected chi connectivity index (χ4v) is 3.50. The van der Waals surface area contributed by atoms with Gasteiger partial charge in [0.15, 0.2) is 0 Å². The minimum atomic E-state index is -0.147. The van der Waals surface area contributed by atoms with Gasteiger partial charge in [0.2, 0.25) is 0 Å². The molecule has 0 aliphatic carbocycles. The van der Waals surface area contributed by atoms with Crippen molar-refractivity contribution in [1.29, 1.82) is 0 Å². The highest BCUT2D eigenvalue weighted by molar-refractivity contribution is 5.00. The summed E-state index contributed by atoms with van der Waals surface area (Å²) in [5, 5.41) is 8.75. The molecule has 21 heavy (non-hydrogen) atoms. The Hall–Kier alpha value is -0.980. The van der Waals surface area contributed by atoms with Crippen LogP contribution < -0.4 is 0 Å². The number of methoxy groups -OCH3 is 1. The van der Waals surface area contributed by atoms with Gasteiger partial charge >= 0.3 is 0 Å². The molecule has 1 aromatic heterocycles. The Morgan fingerprint density at radius 2 is 2.19 bits per heavy atom. The minimum absolute atomic E-state index is 0.127. The number of fused-ring (bicyclic) bond motifs is 1. The summed E-state index contributed by atoms with van der Waals surface area (Å²) in [7, 11) is 1.73. The molecule has 3 rings (SSSR count). The van der Waals surface area contributed by atoms with E-state index >= 15 is 0 Å². The molecule has 6 heteroatoms. The standard InChI is InChI=1S/C15H26N4O2/c1-15(2)11-18(8-12(21-15)10-20-3)9-14-17-16-13-6-4-5-7-19(13)14/h12H,4-11H2,1-3H3.